The van der Waals surface area contributed by atoms with Crippen LogP contribution in [0.5, 0.6) is 0 Å². The van der Waals surface area contributed by atoms with Crippen molar-refractivity contribution in [1.82, 2.24) is 25.0 Å². The summed E-state index contributed by atoms with van der Waals surface area (Å²) >= 11 is 0. The van der Waals surface area contributed by atoms with Crippen LogP contribution in [-0.2, 0) is 18.4 Å². The summed E-state index contributed by atoms with van der Waals surface area (Å²) in [5.41, 5.74) is 0. The molecule has 0 saturated carbocycles. The van der Waals surface area contributed by atoms with Crippen molar-refractivity contribution in [3.05, 3.63) is 12.2 Å². The van der Waals surface area contributed by atoms with Gasteiger partial charge in [-0.2, -0.15) is 5.10 Å². The average molecular weight is 225 g/mol. The van der Waals surface area contributed by atoms with E-state index in [1.54, 1.807) is 15.9 Å². The lowest BCUT2D eigenvalue weighted by molar-refractivity contribution is -0.129. The average Bonchev–Trinajstić information content (AvgIpc) is 2.66. The Kier molecular flexibility index (Phi) is 4.91. The van der Waals surface area contributed by atoms with Gasteiger partial charge >= 0.3 is 0 Å². The number of aromatic nitrogens is 3. The molecule has 1 aromatic rings. The van der Waals surface area contributed by atoms with Gasteiger partial charge in [0.15, 0.2) is 5.82 Å². The van der Waals surface area contributed by atoms with Gasteiger partial charge in [-0.15, -0.1) is 0 Å². The lowest BCUT2D eigenvalue weighted by atomic mass is 10.4. The first-order valence-electron chi connectivity index (χ1n) is 5.50. The van der Waals surface area contributed by atoms with Crippen molar-refractivity contribution in [2.75, 3.05) is 19.6 Å². The Balaban J connectivity index is 2.27. The van der Waals surface area contributed by atoms with Crippen LogP contribution in [0.1, 0.15) is 19.7 Å². The van der Waals surface area contributed by atoms with Gasteiger partial charge in [0.2, 0.25) is 5.91 Å². The minimum Gasteiger partial charge on any atom is -0.342 e. The molecule has 90 valence electrons. The Hall–Kier alpha value is -1.43. The third kappa shape index (κ3) is 3.62. The summed E-state index contributed by atoms with van der Waals surface area (Å²) in [7, 11) is 1.82. The standard InChI is InChI=1S/C10H19N5O/c1-4-15(5-2)10(16)7-11-6-9-12-8-14(3)13-9/h8,11H,4-7H2,1-3H3. The van der Waals surface area contributed by atoms with E-state index in [9.17, 15) is 4.79 Å². The molecule has 1 N–H and O–H groups in total. The SMILES string of the molecule is CCN(CC)C(=O)CNCc1ncn(C)n1. The Labute approximate surface area is 95.6 Å². The normalized spacial score (nSPS) is 10.4. The van der Waals surface area contributed by atoms with Crippen LogP contribution in [0.15, 0.2) is 6.33 Å². The number of likely N-dealkylation sites (N-methyl/N-ethyl adjacent to an activating group) is 1. The zero-order valence-corrected chi connectivity index (χ0v) is 10.1. The Bertz CT molecular complexity index is 332. The van der Waals surface area contributed by atoms with E-state index in [0.29, 0.717) is 18.9 Å². The maximum absolute atomic E-state index is 11.6. The van der Waals surface area contributed by atoms with Crippen LogP contribution in [-0.4, -0.2) is 45.2 Å². The van der Waals surface area contributed by atoms with Crippen molar-refractivity contribution < 1.29 is 4.79 Å². The van der Waals surface area contributed by atoms with E-state index in [1.807, 2.05) is 20.9 Å². The van der Waals surface area contributed by atoms with Gasteiger partial charge in [-0.05, 0) is 13.8 Å². The highest BCUT2D eigenvalue weighted by molar-refractivity contribution is 5.78. The van der Waals surface area contributed by atoms with Crippen LogP contribution >= 0.6 is 0 Å². The molecule has 0 fully saturated rings. The number of carbonyl (C=O) groups excluding carboxylic acids is 1. The predicted molar refractivity (Wildman–Crippen MR) is 60.6 cm³/mol. The molecule has 0 saturated heterocycles. The molecule has 0 unspecified atom stereocenters. The molecule has 6 heteroatoms. The first-order valence-corrected chi connectivity index (χ1v) is 5.50. The maximum Gasteiger partial charge on any atom is 0.236 e. The smallest absolute Gasteiger partial charge is 0.236 e. The van der Waals surface area contributed by atoms with Gasteiger partial charge in [-0.25, -0.2) is 4.98 Å². The summed E-state index contributed by atoms with van der Waals surface area (Å²) in [6.45, 7) is 6.30. The number of hydrogen-bond donors (Lipinski definition) is 1. The molecule has 0 aliphatic heterocycles. The van der Waals surface area contributed by atoms with Crippen LogP contribution in [0.3, 0.4) is 0 Å². The fraction of sp³-hybridized carbons (Fsp3) is 0.700. The highest BCUT2D eigenvalue weighted by atomic mass is 16.2. The summed E-state index contributed by atoms with van der Waals surface area (Å²) in [6.07, 6.45) is 1.64. The van der Waals surface area contributed by atoms with Gasteiger partial charge in [-0.3, -0.25) is 9.48 Å². The number of carbonyl (C=O) groups is 1. The highest BCUT2D eigenvalue weighted by Gasteiger charge is 2.08. The molecule has 6 nitrogen and oxygen atoms in total. The van der Waals surface area contributed by atoms with Crippen molar-refractivity contribution in [2.45, 2.75) is 20.4 Å². The number of hydrogen-bond acceptors (Lipinski definition) is 4. The summed E-state index contributed by atoms with van der Waals surface area (Å²) in [4.78, 5) is 17.5. The molecule has 1 amide bonds. The van der Waals surface area contributed by atoms with Crippen LogP contribution in [0, 0.1) is 0 Å². The minimum atomic E-state index is 0.112. The van der Waals surface area contributed by atoms with Crippen LogP contribution in [0.4, 0.5) is 0 Å². The minimum absolute atomic E-state index is 0.112. The Morgan fingerprint density at radius 2 is 2.19 bits per heavy atom. The second-order valence-electron chi connectivity index (χ2n) is 3.50. The van der Waals surface area contributed by atoms with Gasteiger partial charge in [0, 0.05) is 20.1 Å². The molecule has 0 aliphatic rings. The molecule has 0 atom stereocenters. The topological polar surface area (TPSA) is 63.1 Å². The quantitative estimate of drug-likeness (QED) is 0.726. The zero-order chi connectivity index (χ0) is 12.0. The fourth-order valence-electron chi connectivity index (χ4n) is 1.43. The molecular weight excluding hydrogens is 206 g/mol. The molecule has 0 radical (unpaired) electrons. The van der Waals surface area contributed by atoms with Gasteiger partial charge < -0.3 is 10.2 Å². The molecule has 0 aliphatic carbocycles. The molecular formula is C10H19N5O. The van der Waals surface area contributed by atoms with Crippen LogP contribution in [0.25, 0.3) is 0 Å². The number of rotatable bonds is 6. The van der Waals surface area contributed by atoms with E-state index < -0.39 is 0 Å². The predicted octanol–water partition coefficient (Wildman–Crippen LogP) is -0.227. The molecule has 1 heterocycles. The second kappa shape index (κ2) is 6.22. The van der Waals surface area contributed by atoms with Gasteiger partial charge in [0.25, 0.3) is 0 Å². The number of nitrogens with zero attached hydrogens (tertiary/aromatic N) is 4. The van der Waals surface area contributed by atoms with E-state index in [2.05, 4.69) is 15.4 Å². The van der Waals surface area contributed by atoms with Crippen LogP contribution < -0.4 is 5.32 Å². The fourth-order valence-corrected chi connectivity index (χ4v) is 1.43. The first kappa shape index (κ1) is 12.6. The first-order chi connectivity index (χ1) is 7.67. The van der Waals surface area contributed by atoms with E-state index in [4.69, 9.17) is 0 Å². The monoisotopic (exact) mass is 225 g/mol. The number of aryl methyl sites for hydroxylation is 1. The maximum atomic E-state index is 11.6. The summed E-state index contributed by atoms with van der Waals surface area (Å²) in [5.74, 6) is 0.816. The Morgan fingerprint density at radius 3 is 2.69 bits per heavy atom. The van der Waals surface area contributed by atoms with E-state index in [0.717, 1.165) is 13.1 Å². The number of amides is 1. The third-order valence-electron chi connectivity index (χ3n) is 2.32. The van der Waals surface area contributed by atoms with Gasteiger partial charge in [-0.1, -0.05) is 0 Å². The van der Waals surface area contributed by atoms with E-state index in [-0.39, 0.29) is 5.91 Å². The lowest BCUT2D eigenvalue weighted by Gasteiger charge is -2.18. The molecule has 1 aromatic heterocycles. The lowest BCUT2D eigenvalue weighted by Crippen LogP contribution is -2.37. The third-order valence-corrected chi connectivity index (χ3v) is 2.32. The number of nitrogens with one attached hydrogen (secondary N) is 1. The summed E-state index contributed by atoms with van der Waals surface area (Å²) in [5, 5.41) is 7.15. The van der Waals surface area contributed by atoms with Crippen molar-refractivity contribution >= 4 is 5.91 Å². The van der Waals surface area contributed by atoms with Crippen molar-refractivity contribution in [3.63, 3.8) is 0 Å². The van der Waals surface area contributed by atoms with Gasteiger partial charge in [0.05, 0.1) is 13.1 Å². The van der Waals surface area contributed by atoms with E-state index >= 15 is 0 Å². The molecule has 0 spiro atoms. The van der Waals surface area contributed by atoms with Crippen molar-refractivity contribution in [2.24, 2.45) is 7.05 Å². The van der Waals surface area contributed by atoms with E-state index in [1.165, 1.54) is 0 Å². The highest BCUT2D eigenvalue weighted by Crippen LogP contribution is 1.89. The van der Waals surface area contributed by atoms with Crippen LogP contribution in [0.2, 0.25) is 0 Å². The molecule has 1 rings (SSSR count). The zero-order valence-electron chi connectivity index (χ0n) is 10.1. The second-order valence-corrected chi connectivity index (χ2v) is 3.50. The summed E-state index contributed by atoms with van der Waals surface area (Å²) in [6, 6.07) is 0. The molecule has 16 heavy (non-hydrogen) atoms. The van der Waals surface area contributed by atoms with Crippen molar-refractivity contribution in [1.29, 1.82) is 0 Å². The largest absolute Gasteiger partial charge is 0.342 e. The van der Waals surface area contributed by atoms with Gasteiger partial charge in [0.1, 0.15) is 6.33 Å². The van der Waals surface area contributed by atoms with Crippen molar-refractivity contribution in [3.8, 4) is 0 Å². The molecule has 0 aromatic carbocycles. The summed E-state index contributed by atoms with van der Waals surface area (Å²) < 4.78 is 1.64. The Morgan fingerprint density at radius 1 is 1.50 bits per heavy atom. The molecule has 0 bridgehead atoms.